The average Bonchev–Trinajstić information content (AvgIpc) is 1.69. The normalized spacial score (nSPS) is 8.71. The van der Waals surface area contributed by atoms with Crippen molar-refractivity contribution in [3.05, 3.63) is 4.91 Å². The molecule has 0 saturated carbocycles. The van der Waals surface area contributed by atoms with E-state index in [2.05, 4.69) is 4.58 Å². The minimum absolute atomic E-state index is 0.838. The topological polar surface area (TPSA) is 29.4 Å². The number of thioether (sulfide) groups is 1. The van der Waals surface area contributed by atoms with Crippen LogP contribution >= 0.6 is 23.7 Å². The van der Waals surface area contributed by atoms with Crippen molar-refractivity contribution < 1.29 is 0 Å². The monoisotopic (exact) mass is 137 g/mol. The zero-order chi connectivity index (χ0) is 5.54. The van der Waals surface area contributed by atoms with Gasteiger partial charge in [0, 0.05) is 28.0 Å². The van der Waals surface area contributed by atoms with Gasteiger partial charge in [0.2, 0.25) is 0 Å². The highest BCUT2D eigenvalue weighted by atomic mass is 32.2. The second kappa shape index (κ2) is 6.30. The van der Waals surface area contributed by atoms with Gasteiger partial charge in [-0.3, -0.25) is 0 Å². The van der Waals surface area contributed by atoms with Crippen LogP contribution in [-0.2, 0) is 0 Å². The van der Waals surface area contributed by atoms with Crippen LogP contribution in [0, 0.1) is 4.91 Å². The molecule has 0 aromatic carbocycles. The molecule has 7 heavy (non-hydrogen) atoms. The van der Waals surface area contributed by atoms with E-state index in [1.54, 1.807) is 11.8 Å². The largest absolute Gasteiger partial charge is 0.165 e. The Kier molecular flexibility index (Phi) is 6.57. The maximum Gasteiger partial charge on any atom is 0.0278 e. The molecule has 0 N–H and O–H groups in total. The minimum Gasteiger partial charge on any atom is -0.165 e. The Labute approximate surface area is 51.5 Å². The van der Waals surface area contributed by atoms with Crippen molar-refractivity contribution >= 4 is 23.7 Å². The highest BCUT2D eigenvalue weighted by molar-refractivity contribution is 8.01. The van der Waals surface area contributed by atoms with Crippen LogP contribution in [0.25, 0.3) is 0 Å². The summed E-state index contributed by atoms with van der Waals surface area (Å²) in [5.41, 5.74) is 0. The zero-order valence-electron chi connectivity index (χ0n) is 4.09. The third-order valence-electron chi connectivity index (χ3n) is 0.431. The lowest BCUT2D eigenvalue weighted by Gasteiger charge is -1.84. The van der Waals surface area contributed by atoms with Gasteiger partial charge in [-0.2, -0.15) is 11.8 Å². The number of rotatable bonds is 4. The average molecular weight is 137 g/mol. The van der Waals surface area contributed by atoms with Gasteiger partial charge in [-0.05, 0) is 6.26 Å². The molecule has 0 fully saturated rings. The van der Waals surface area contributed by atoms with Gasteiger partial charge in [-0.25, -0.2) is 0 Å². The van der Waals surface area contributed by atoms with Crippen molar-refractivity contribution in [1.82, 2.24) is 0 Å². The maximum absolute atomic E-state index is 9.38. The summed E-state index contributed by atoms with van der Waals surface area (Å²) in [4.78, 5) is 9.38. The fraction of sp³-hybridized carbons (Fsp3) is 1.00. The molecule has 0 radical (unpaired) electrons. The molecule has 0 amide bonds. The van der Waals surface area contributed by atoms with Crippen LogP contribution in [0.1, 0.15) is 0 Å². The summed E-state index contributed by atoms with van der Waals surface area (Å²) in [6.45, 7) is 0. The SMILES string of the molecule is CSCCSN=O. The first-order valence-corrected chi connectivity index (χ1v) is 4.19. The Balaban J connectivity index is 2.56. The lowest BCUT2D eigenvalue weighted by Crippen LogP contribution is -1.76. The van der Waals surface area contributed by atoms with E-state index in [0.717, 1.165) is 23.5 Å². The first kappa shape index (κ1) is 7.30. The van der Waals surface area contributed by atoms with Gasteiger partial charge in [0.25, 0.3) is 0 Å². The van der Waals surface area contributed by atoms with Gasteiger partial charge in [-0.1, -0.05) is 0 Å². The predicted octanol–water partition coefficient (Wildman–Crippen LogP) is 1.76. The standard InChI is InChI=1S/C3H7NOS2/c1-6-2-3-7-4-5/h2-3H2,1H3. The van der Waals surface area contributed by atoms with E-state index in [4.69, 9.17) is 0 Å². The molecular formula is C3H7NOS2. The van der Waals surface area contributed by atoms with Crippen molar-refractivity contribution in [2.45, 2.75) is 0 Å². The summed E-state index contributed by atoms with van der Waals surface area (Å²) in [5.74, 6) is 1.85. The van der Waals surface area contributed by atoms with Crippen LogP contribution in [0.3, 0.4) is 0 Å². The second-order valence-corrected chi connectivity index (χ2v) is 2.70. The van der Waals surface area contributed by atoms with Gasteiger partial charge in [0.05, 0.1) is 0 Å². The quantitative estimate of drug-likeness (QED) is 0.336. The van der Waals surface area contributed by atoms with E-state index >= 15 is 0 Å². The van der Waals surface area contributed by atoms with Gasteiger partial charge in [-0.15, -0.1) is 4.91 Å². The van der Waals surface area contributed by atoms with E-state index in [9.17, 15) is 4.91 Å². The van der Waals surface area contributed by atoms with Gasteiger partial charge >= 0.3 is 0 Å². The molecule has 2 nitrogen and oxygen atoms in total. The number of hydrogen-bond acceptors (Lipinski definition) is 4. The molecule has 0 aromatic heterocycles. The molecule has 0 rings (SSSR count). The van der Waals surface area contributed by atoms with Crippen LogP contribution in [0.4, 0.5) is 0 Å². The Morgan fingerprint density at radius 1 is 1.57 bits per heavy atom. The Hall–Kier alpha value is 0.300. The molecule has 0 aliphatic carbocycles. The summed E-state index contributed by atoms with van der Waals surface area (Å²) < 4.78 is 2.63. The van der Waals surface area contributed by atoms with Crippen LogP contribution in [0.2, 0.25) is 0 Å². The molecule has 0 atom stereocenters. The summed E-state index contributed by atoms with van der Waals surface area (Å²) >= 11 is 2.80. The molecule has 0 unspecified atom stereocenters. The molecule has 0 heterocycles. The Bertz CT molecular complexity index is 50.2. The summed E-state index contributed by atoms with van der Waals surface area (Å²) in [6, 6.07) is 0. The first-order valence-electron chi connectivity index (χ1n) is 1.85. The number of hydrogen-bond donors (Lipinski definition) is 0. The predicted molar refractivity (Wildman–Crippen MR) is 36.6 cm³/mol. The Morgan fingerprint density at radius 3 is 2.71 bits per heavy atom. The molecule has 0 bridgehead atoms. The van der Waals surface area contributed by atoms with Crippen LogP contribution in [0.5, 0.6) is 0 Å². The molecular weight excluding hydrogens is 130 g/mol. The summed E-state index contributed by atoms with van der Waals surface area (Å²) in [5, 5.41) is 0. The molecule has 4 heteroatoms. The van der Waals surface area contributed by atoms with E-state index in [-0.39, 0.29) is 0 Å². The molecule has 42 valence electrons. The van der Waals surface area contributed by atoms with Gasteiger partial charge in [0.1, 0.15) is 0 Å². The molecule has 0 saturated heterocycles. The zero-order valence-corrected chi connectivity index (χ0v) is 5.72. The van der Waals surface area contributed by atoms with Crippen molar-refractivity contribution in [2.24, 2.45) is 4.58 Å². The van der Waals surface area contributed by atoms with E-state index in [1.807, 2.05) is 6.26 Å². The van der Waals surface area contributed by atoms with Crippen molar-refractivity contribution in [3.8, 4) is 0 Å². The first-order chi connectivity index (χ1) is 3.41. The minimum atomic E-state index is 0.838. The van der Waals surface area contributed by atoms with E-state index in [1.165, 1.54) is 0 Å². The highest BCUT2D eigenvalue weighted by Gasteiger charge is 1.81. The van der Waals surface area contributed by atoms with Crippen molar-refractivity contribution in [3.63, 3.8) is 0 Å². The highest BCUT2D eigenvalue weighted by Crippen LogP contribution is 2.02. The Morgan fingerprint density at radius 2 is 2.29 bits per heavy atom. The van der Waals surface area contributed by atoms with Crippen LogP contribution in [0.15, 0.2) is 4.58 Å². The molecule has 0 spiro atoms. The molecule has 0 aliphatic rings. The van der Waals surface area contributed by atoms with Crippen LogP contribution in [-0.4, -0.2) is 17.8 Å². The maximum atomic E-state index is 9.38. The molecule has 0 aromatic rings. The van der Waals surface area contributed by atoms with E-state index in [0.29, 0.717) is 0 Å². The smallest absolute Gasteiger partial charge is 0.0278 e. The van der Waals surface area contributed by atoms with E-state index < -0.39 is 0 Å². The number of nitrogens with zero attached hydrogens (tertiary/aromatic N) is 1. The van der Waals surface area contributed by atoms with Gasteiger partial charge in [0.15, 0.2) is 0 Å². The summed E-state index contributed by atoms with van der Waals surface area (Å²) in [6.07, 6.45) is 2.01. The second-order valence-electron chi connectivity index (χ2n) is 0.901. The number of nitroso groups, excluding NO2 is 1. The summed E-state index contributed by atoms with van der Waals surface area (Å²) in [7, 11) is 0. The van der Waals surface area contributed by atoms with Crippen LogP contribution < -0.4 is 0 Å². The third kappa shape index (κ3) is 6.30. The van der Waals surface area contributed by atoms with Gasteiger partial charge < -0.3 is 0 Å². The lowest BCUT2D eigenvalue weighted by molar-refractivity contribution is 1.54. The third-order valence-corrected chi connectivity index (χ3v) is 1.79. The fourth-order valence-corrected chi connectivity index (χ4v) is 1.20. The fourth-order valence-electron chi connectivity index (χ4n) is 0.158. The van der Waals surface area contributed by atoms with Crippen molar-refractivity contribution in [2.75, 3.05) is 17.8 Å². The molecule has 0 aliphatic heterocycles. The van der Waals surface area contributed by atoms with Crippen molar-refractivity contribution in [1.29, 1.82) is 0 Å². The lowest BCUT2D eigenvalue weighted by atomic mass is 11.0.